The number of hydrogen-bond acceptors (Lipinski definition) is 5. The van der Waals surface area contributed by atoms with E-state index in [0.29, 0.717) is 5.56 Å². The van der Waals surface area contributed by atoms with Crippen molar-refractivity contribution in [2.24, 2.45) is 0 Å². The summed E-state index contributed by atoms with van der Waals surface area (Å²) < 4.78 is 0.854. The molecule has 0 N–H and O–H groups in total. The van der Waals surface area contributed by atoms with E-state index in [1.54, 1.807) is 18.2 Å². The van der Waals surface area contributed by atoms with E-state index in [1.165, 1.54) is 12.1 Å². The number of imide groups is 1. The monoisotopic (exact) mass is 418 g/mol. The first-order valence-electron chi connectivity index (χ1n) is 7.19. The lowest BCUT2D eigenvalue weighted by atomic mass is 10.1. The maximum absolute atomic E-state index is 12.5. The Bertz CT molecular complexity index is 913. The molecule has 0 bridgehead atoms. The summed E-state index contributed by atoms with van der Waals surface area (Å²) in [5, 5.41) is 10.7. The average molecular weight is 419 g/mol. The number of nitrogens with zero attached hydrogens (tertiary/aromatic N) is 2. The highest BCUT2D eigenvalue weighted by Gasteiger charge is 2.35. The van der Waals surface area contributed by atoms with E-state index in [-0.39, 0.29) is 17.1 Å². The van der Waals surface area contributed by atoms with Gasteiger partial charge in [0.05, 0.1) is 21.9 Å². The Hall–Kier alpha value is -2.45. The lowest BCUT2D eigenvalue weighted by Crippen LogP contribution is -2.27. The van der Waals surface area contributed by atoms with Crippen LogP contribution in [0.3, 0.4) is 0 Å². The van der Waals surface area contributed by atoms with Crippen molar-refractivity contribution in [2.45, 2.75) is 6.54 Å². The van der Waals surface area contributed by atoms with Gasteiger partial charge in [0.15, 0.2) is 0 Å². The second-order valence-electron chi connectivity index (χ2n) is 5.21. The van der Waals surface area contributed by atoms with Gasteiger partial charge >= 0.3 is 0 Å². The summed E-state index contributed by atoms with van der Waals surface area (Å²) in [6.07, 6.45) is 1.39. The van der Waals surface area contributed by atoms with Crippen molar-refractivity contribution in [2.75, 3.05) is 0 Å². The molecule has 1 heterocycles. The number of nitro benzene ring substituents is 1. The Balaban J connectivity index is 1.88. The predicted octanol–water partition coefficient (Wildman–Crippen LogP) is 4.59. The molecule has 1 aliphatic heterocycles. The predicted molar refractivity (Wildman–Crippen MR) is 98.8 cm³/mol. The minimum Gasteiger partial charge on any atom is -0.268 e. The normalized spacial score (nSPS) is 15.9. The van der Waals surface area contributed by atoms with Gasteiger partial charge in [0.25, 0.3) is 16.8 Å². The number of rotatable bonds is 4. The quantitative estimate of drug-likeness (QED) is 0.411. The molecule has 2 amide bonds. The SMILES string of the molecule is O=C1S/C(=C/c2ccccc2[N+](=O)[O-])C(=O)N1Cc1cccc(Br)c1. The second-order valence-corrected chi connectivity index (χ2v) is 7.12. The number of nitro groups is 1. The van der Waals surface area contributed by atoms with Gasteiger partial charge in [-0.25, -0.2) is 0 Å². The minimum absolute atomic E-state index is 0.110. The molecule has 2 aromatic rings. The molecule has 25 heavy (non-hydrogen) atoms. The number of halogens is 1. The van der Waals surface area contributed by atoms with E-state index in [2.05, 4.69) is 15.9 Å². The number of benzene rings is 2. The molecule has 0 atom stereocenters. The third kappa shape index (κ3) is 3.80. The van der Waals surface area contributed by atoms with E-state index in [1.807, 2.05) is 24.3 Å². The smallest absolute Gasteiger partial charge is 0.268 e. The molecule has 1 fully saturated rings. The highest BCUT2D eigenvalue weighted by molar-refractivity contribution is 9.10. The fourth-order valence-electron chi connectivity index (χ4n) is 2.37. The molecular weight excluding hydrogens is 408 g/mol. The number of amides is 2. The van der Waals surface area contributed by atoms with Crippen molar-refractivity contribution in [1.29, 1.82) is 0 Å². The first-order chi connectivity index (χ1) is 12.0. The second kappa shape index (κ2) is 7.20. The molecule has 0 aliphatic carbocycles. The molecule has 0 spiro atoms. The molecule has 0 saturated carbocycles. The number of thioether (sulfide) groups is 1. The van der Waals surface area contributed by atoms with Crippen LogP contribution in [0.4, 0.5) is 10.5 Å². The molecule has 3 rings (SSSR count). The van der Waals surface area contributed by atoms with Crippen LogP contribution in [0.15, 0.2) is 57.9 Å². The van der Waals surface area contributed by atoms with Crippen LogP contribution < -0.4 is 0 Å². The summed E-state index contributed by atoms with van der Waals surface area (Å²) in [5.41, 5.74) is 0.991. The van der Waals surface area contributed by atoms with E-state index in [0.717, 1.165) is 26.7 Å². The summed E-state index contributed by atoms with van der Waals surface area (Å²) in [4.78, 5) is 36.6. The Morgan fingerprint density at radius 3 is 2.64 bits per heavy atom. The molecule has 0 aromatic heterocycles. The van der Waals surface area contributed by atoms with Gasteiger partial charge in [-0.3, -0.25) is 24.6 Å². The van der Waals surface area contributed by atoms with Gasteiger partial charge in [0.1, 0.15) is 0 Å². The first kappa shape index (κ1) is 17.4. The van der Waals surface area contributed by atoms with E-state index >= 15 is 0 Å². The van der Waals surface area contributed by atoms with Crippen LogP contribution in [0.5, 0.6) is 0 Å². The van der Waals surface area contributed by atoms with Gasteiger partial charge in [-0.15, -0.1) is 0 Å². The van der Waals surface area contributed by atoms with Crippen LogP contribution in [0, 0.1) is 10.1 Å². The maximum atomic E-state index is 12.5. The fourth-order valence-corrected chi connectivity index (χ4v) is 3.65. The molecule has 6 nitrogen and oxygen atoms in total. The summed E-state index contributed by atoms with van der Waals surface area (Å²) in [6, 6.07) is 13.4. The fraction of sp³-hybridized carbons (Fsp3) is 0.0588. The van der Waals surface area contributed by atoms with Crippen LogP contribution in [0.25, 0.3) is 6.08 Å². The highest BCUT2D eigenvalue weighted by atomic mass is 79.9. The van der Waals surface area contributed by atoms with Crippen LogP contribution in [0.1, 0.15) is 11.1 Å². The molecule has 2 aromatic carbocycles. The summed E-state index contributed by atoms with van der Waals surface area (Å²) in [6.45, 7) is 0.151. The maximum Gasteiger partial charge on any atom is 0.293 e. The number of carbonyl (C=O) groups is 2. The number of para-hydroxylation sites is 1. The zero-order chi connectivity index (χ0) is 18.0. The first-order valence-corrected chi connectivity index (χ1v) is 8.80. The lowest BCUT2D eigenvalue weighted by molar-refractivity contribution is -0.385. The van der Waals surface area contributed by atoms with Crippen molar-refractivity contribution in [1.82, 2.24) is 4.90 Å². The lowest BCUT2D eigenvalue weighted by Gasteiger charge is -2.12. The molecule has 126 valence electrons. The van der Waals surface area contributed by atoms with Crippen LogP contribution >= 0.6 is 27.7 Å². The third-order valence-corrected chi connectivity index (χ3v) is 4.92. The average Bonchev–Trinajstić information content (AvgIpc) is 2.83. The summed E-state index contributed by atoms with van der Waals surface area (Å²) >= 11 is 4.14. The van der Waals surface area contributed by atoms with E-state index < -0.39 is 16.1 Å². The number of carbonyl (C=O) groups excluding carboxylic acids is 2. The summed E-state index contributed by atoms with van der Waals surface area (Å²) in [5.74, 6) is -0.451. The Morgan fingerprint density at radius 1 is 1.16 bits per heavy atom. The summed E-state index contributed by atoms with van der Waals surface area (Å²) in [7, 11) is 0. The molecular formula is C17H11BrN2O4S. The zero-order valence-electron chi connectivity index (χ0n) is 12.7. The van der Waals surface area contributed by atoms with Crippen molar-refractivity contribution < 1.29 is 14.5 Å². The molecule has 8 heteroatoms. The van der Waals surface area contributed by atoms with E-state index in [9.17, 15) is 19.7 Å². The van der Waals surface area contributed by atoms with Crippen LogP contribution in [0.2, 0.25) is 0 Å². The molecule has 1 saturated heterocycles. The van der Waals surface area contributed by atoms with Gasteiger partial charge in [-0.1, -0.05) is 40.2 Å². The Kier molecular flexibility index (Phi) is 5.00. The Labute approximate surface area is 155 Å². The number of hydrogen-bond donors (Lipinski definition) is 0. The van der Waals surface area contributed by atoms with Crippen molar-refractivity contribution in [3.63, 3.8) is 0 Å². The van der Waals surface area contributed by atoms with Gasteiger partial charge in [-0.2, -0.15) is 0 Å². The van der Waals surface area contributed by atoms with Crippen molar-refractivity contribution in [3.05, 3.63) is 79.2 Å². The topological polar surface area (TPSA) is 80.5 Å². The highest BCUT2D eigenvalue weighted by Crippen LogP contribution is 2.34. The molecule has 1 aliphatic rings. The van der Waals surface area contributed by atoms with Crippen molar-refractivity contribution in [3.8, 4) is 0 Å². The molecule has 0 unspecified atom stereocenters. The van der Waals surface area contributed by atoms with Gasteiger partial charge in [0, 0.05) is 10.5 Å². The standard InChI is InChI=1S/C17H11BrN2O4S/c18-13-6-3-4-11(8-13)10-19-16(21)15(25-17(19)22)9-12-5-1-2-7-14(12)20(23)24/h1-9H,10H2/b15-9+. The van der Waals surface area contributed by atoms with Gasteiger partial charge in [0.2, 0.25) is 0 Å². The Morgan fingerprint density at radius 2 is 1.92 bits per heavy atom. The van der Waals surface area contributed by atoms with Crippen LogP contribution in [-0.2, 0) is 11.3 Å². The van der Waals surface area contributed by atoms with Gasteiger partial charge < -0.3 is 0 Å². The van der Waals surface area contributed by atoms with Crippen molar-refractivity contribution >= 4 is 50.6 Å². The molecule has 0 radical (unpaired) electrons. The third-order valence-electron chi connectivity index (χ3n) is 3.52. The van der Waals surface area contributed by atoms with Gasteiger partial charge in [-0.05, 0) is 41.6 Å². The van der Waals surface area contributed by atoms with E-state index in [4.69, 9.17) is 0 Å². The minimum atomic E-state index is -0.516. The largest absolute Gasteiger partial charge is 0.293 e. The van der Waals surface area contributed by atoms with Crippen LogP contribution in [-0.4, -0.2) is 21.0 Å². The zero-order valence-corrected chi connectivity index (χ0v) is 15.1.